The second kappa shape index (κ2) is 6.02. The summed E-state index contributed by atoms with van der Waals surface area (Å²) in [6.07, 6.45) is 3.61. The zero-order valence-corrected chi connectivity index (χ0v) is 15.5. The van der Waals surface area contributed by atoms with Gasteiger partial charge >= 0.3 is 5.69 Å². The lowest BCUT2D eigenvalue weighted by Crippen LogP contribution is -2.40. The molecule has 0 saturated heterocycles. The zero-order chi connectivity index (χ0) is 18.5. The van der Waals surface area contributed by atoms with E-state index in [4.69, 9.17) is 0 Å². The first-order chi connectivity index (χ1) is 11.8. The minimum atomic E-state index is -0.368. The van der Waals surface area contributed by atoms with Crippen LogP contribution >= 0.6 is 0 Å². The van der Waals surface area contributed by atoms with Gasteiger partial charge in [0.15, 0.2) is 11.2 Å². The number of hydrazone groups is 1. The van der Waals surface area contributed by atoms with Crippen LogP contribution in [0.4, 0.5) is 5.95 Å². The summed E-state index contributed by atoms with van der Waals surface area (Å²) in [6.45, 7) is 10.1. The van der Waals surface area contributed by atoms with E-state index in [0.29, 0.717) is 17.1 Å². The van der Waals surface area contributed by atoms with Gasteiger partial charge in [-0.3, -0.25) is 18.5 Å². The van der Waals surface area contributed by atoms with E-state index >= 15 is 0 Å². The molecule has 3 heterocycles. The Kier molecular flexibility index (Phi) is 4.14. The molecule has 25 heavy (non-hydrogen) atoms. The Morgan fingerprint density at radius 1 is 1.28 bits per heavy atom. The third-order valence-corrected chi connectivity index (χ3v) is 4.63. The van der Waals surface area contributed by atoms with Gasteiger partial charge in [-0.25, -0.2) is 9.80 Å². The highest BCUT2D eigenvalue weighted by Gasteiger charge is 2.31. The molecule has 134 valence electrons. The summed E-state index contributed by atoms with van der Waals surface area (Å²) in [5.74, 6) is 0.596. The van der Waals surface area contributed by atoms with E-state index in [0.717, 1.165) is 5.71 Å². The van der Waals surface area contributed by atoms with Crippen molar-refractivity contribution in [3.63, 3.8) is 0 Å². The van der Waals surface area contributed by atoms with Crippen LogP contribution in [0.5, 0.6) is 0 Å². The molecule has 1 aliphatic rings. The fourth-order valence-electron chi connectivity index (χ4n) is 3.06. The first-order valence-electron chi connectivity index (χ1n) is 8.46. The smallest absolute Gasteiger partial charge is 0.294 e. The van der Waals surface area contributed by atoms with E-state index in [2.05, 4.69) is 10.1 Å². The number of aryl methyl sites for hydroxylation is 1. The van der Waals surface area contributed by atoms with Gasteiger partial charge in [-0.15, -0.1) is 0 Å². The van der Waals surface area contributed by atoms with Crippen LogP contribution < -0.4 is 16.3 Å². The summed E-state index contributed by atoms with van der Waals surface area (Å²) in [5.41, 5.74) is 1.04. The molecule has 1 aliphatic heterocycles. The molecule has 8 nitrogen and oxygen atoms in total. The first-order valence-corrected chi connectivity index (χ1v) is 8.46. The Morgan fingerprint density at radius 3 is 2.56 bits per heavy atom. The Balaban J connectivity index is 2.43. The lowest BCUT2D eigenvalue weighted by atomic mass is 10.2. The minimum absolute atomic E-state index is 0.0836. The molecule has 0 unspecified atom stereocenters. The number of fused-ring (bicyclic) bond motifs is 3. The first kappa shape index (κ1) is 17.2. The molecule has 0 spiro atoms. The molecule has 0 amide bonds. The summed E-state index contributed by atoms with van der Waals surface area (Å²) < 4.78 is 4.57. The molecule has 1 atom stereocenters. The molecule has 0 aromatic carbocycles. The van der Waals surface area contributed by atoms with Crippen molar-refractivity contribution >= 4 is 22.8 Å². The monoisotopic (exact) mass is 344 g/mol. The third-order valence-electron chi connectivity index (χ3n) is 4.63. The van der Waals surface area contributed by atoms with Gasteiger partial charge in [-0.2, -0.15) is 10.1 Å². The van der Waals surface area contributed by atoms with Gasteiger partial charge in [0.2, 0.25) is 5.95 Å². The van der Waals surface area contributed by atoms with Gasteiger partial charge in [0.1, 0.15) is 0 Å². The van der Waals surface area contributed by atoms with Crippen LogP contribution in [0.3, 0.4) is 0 Å². The molecule has 0 aliphatic carbocycles. The summed E-state index contributed by atoms with van der Waals surface area (Å²) in [4.78, 5) is 30.2. The molecular weight excluding hydrogens is 320 g/mol. The molecule has 3 rings (SSSR count). The lowest BCUT2D eigenvalue weighted by Gasteiger charge is -2.31. The largest absolute Gasteiger partial charge is 0.332 e. The quantitative estimate of drug-likeness (QED) is 0.793. The van der Waals surface area contributed by atoms with Crippen molar-refractivity contribution in [2.24, 2.45) is 12.1 Å². The molecule has 0 bridgehead atoms. The maximum absolute atomic E-state index is 13.1. The van der Waals surface area contributed by atoms with Crippen LogP contribution in [0, 0.1) is 0 Å². The van der Waals surface area contributed by atoms with Gasteiger partial charge in [-0.1, -0.05) is 12.2 Å². The summed E-state index contributed by atoms with van der Waals surface area (Å²) in [5, 5.41) is 6.41. The van der Waals surface area contributed by atoms with Crippen LogP contribution in [-0.2, 0) is 13.6 Å². The molecule has 2 aromatic rings. The van der Waals surface area contributed by atoms with E-state index in [1.54, 1.807) is 18.1 Å². The zero-order valence-electron chi connectivity index (χ0n) is 15.5. The van der Waals surface area contributed by atoms with Crippen LogP contribution in [0.25, 0.3) is 11.2 Å². The van der Waals surface area contributed by atoms with Gasteiger partial charge in [0.05, 0.1) is 17.8 Å². The number of hydrogen-bond donors (Lipinski definition) is 0. The topological polar surface area (TPSA) is 77.4 Å². The molecule has 0 radical (unpaired) electrons. The summed E-state index contributed by atoms with van der Waals surface area (Å²) >= 11 is 0. The van der Waals surface area contributed by atoms with Crippen molar-refractivity contribution in [1.82, 2.24) is 18.7 Å². The Labute approximate surface area is 145 Å². The second-order valence-corrected chi connectivity index (χ2v) is 6.64. The predicted molar refractivity (Wildman–Crippen MR) is 99.5 cm³/mol. The van der Waals surface area contributed by atoms with Gasteiger partial charge in [-0.05, 0) is 34.6 Å². The lowest BCUT2D eigenvalue weighted by molar-refractivity contribution is 0.596. The number of imidazole rings is 1. The van der Waals surface area contributed by atoms with Crippen LogP contribution in [0.15, 0.2) is 26.8 Å². The molecule has 8 heteroatoms. The highest BCUT2D eigenvalue weighted by molar-refractivity contribution is 5.91. The van der Waals surface area contributed by atoms with Gasteiger partial charge in [0.25, 0.3) is 5.56 Å². The average Bonchev–Trinajstić information content (AvgIpc) is 2.97. The second-order valence-electron chi connectivity index (χ2n) is 6.64. The minimum Gasteiger partial charge on any atom is -0.294 e. The molecule has 2 aromatic heterocycles. The van der Waals surface area contributed by atoms with Crippen molar-refractivity contribution in [1.29, 1.82) is 0 Å². The number of nitrogens with zero attached hydrogens (tertiary/aromatic N) is 6. The van der Waals surface area contributed by atoms with Crippen LogP contribution in [-0.4, -0.2) is 30.4 Å². The molecule has 0 fully saturated rings. The molecule has 0 N–H and O–H groups in total. The van der Waals surface area contributed by atoms with E-state index in [-0.39, 0.29) is 29.9 Å². The van der Waals surface area contributed by atoms with Crippen molar-refractivity contribution in [2.45, 2.75) is 53.2 Å². The fraction of sp³-hybridized carbons (Fsp3) is 0.529. The summed E-state index contributed by atoms with van der Waals surface area (Å²) in [6, 6.07) is -0.0179. The van der Waals surface area contributed by atoms with Crippen molar-refractivity contribution in [3.05, 3.63) is 33.0 Å². The standard InChI is InChI=1S/C17H24N6O2/c1-7-8-9-21-15(24)13-14(20(6)17(21)25)18-16-22(13)12(5)11(4)19-23(16)10(2)3/h7-8,10,12H,9H2,1-6H3/b8-7+/t12-/m0/s1. The van der Waals surface area contributed by atoms with Crippen LogP contribution in [0.1, 0.15) is 40.7 Å². The fourth-order valence-corrected chi connectivity index (χ4v) is 3.06. The normalized spacial score (nSPS) is 17.6. The van der Waals surface area contributed by atoms with E-state index < -0.39 is 0 Å². The van der Waals surface area contributed by atoms with Crippen LogP contribution in [0.2, 0.25) is 0 Å². The Bertz CT molecular complexity index is 1000. The SMILES string of the molecule is C/C=C/Cn1c(=O)c2c(nc3n2[C@@H](C)C(C)=NN3C(C)C)n(C)c1=O. The van der Waals surface area contributed by atoms with Crippen molar-refractivity contribution in [2.75, 3.05) is 5.01 Å². The number of anilines is 1. The highest BCUT2D eigenvalue weighted by Crippen LogP contribution is 2.30. The van der Waals surface area contributed by atoms with Gasteiger partial charge < -0.3 is 0 Å². The number of hydrogen-bond acceptors (Lipinski definition) is 5. The predicted octanol–water partition coefficient (Wildman–Crippen LogP) is 1.64. The van der Waals surface area contributed by atoms with Crippen molar-refractivity contribution in [3.8, 4) is 0 Å². The number of rotatable bonds is 3. The van der Waals surface area contributed by atoms with E-state index in [9.17, 15) is 9.59 Å². The third kappa shape index (κ3) is 2.43. The van der Waals surface area contributed by atoms with Gasteiger partial charge in [0, 0.05) is 13.6 Å². The molecular formula is C17H24N6O2. The van der Waals surface area contributed by atoms with E-state index in [1.165, 1.54) is 9.13 Å². The summed E-state index contributed by atoms with van der Waals surface area (Å²) in [7, 11) is 1.65. The average molecular weight is 344 g/mol. The Hall–Kier alpha value is -2.64. The highest BCUT2D eigenvalue weighted by atomic mass is 16.2. The maximum atomic E-state index is 13.1. The van der Waals surface area contributed by atoms with E-state index in [1.807, 2.05) is 45.3 Å². The Morgan fingerprint density at radius 2 is 1.96 bits per heavy atom. The number of allylic oxidation sites excluding steroid dienone is 2. The maximum Gasteiger partial charge on any atom is 0.332 e. The van der Waals surface area contributed by atoms with Crippen molar-refractivity contribution < 1.29 is 0 Å². The molecule has 0 saturated carbocycles. The number of aromatic nitrogens is 4.